The van der Waals surface area contributed by atoms with E-state index in [-0.39, 0.29) is 5.63 Å². The Bertz CT molecular complexity index is 1270. The summed E-state index contributed by atoms with van der Waals surface area (Å²) in [6, 6.07) is 12.5. The van der Waals surface area contributed by atoms with Gasteiger partial charge < -0.3 is 18.6 Å². The quantitative estimate of drug-likeness (QED) is 0.503. The van der Waals surface area contributed by atoms with E-state index in [1.165, 1.54) is 0 Å². The second-order valence-electron chi connectivity index (χ2n) is 8.09. The minimum atomic E-state index is -0.321. The van der Waals surface area contributed by atoms with Gasteiger partial charge in [0.15, 0.2) is 0 Å². The molecule has 4 aromatic rings. The van der Waals surface area contributed by atoms with Crippen LogP contribution in [0.25, 0.3) is 27.7 Å². The molecule has 1 saturated heterocycles. The van der Waals surface area contributed by atoms with E-state index in [2.05, 4.69) is 34.9 Å². The molecular weight excluding hydrogens is 364 g/mol. The highest BCUT2D eigenvalue weighted by Gasteiger charge is 2.24. The fourth-order valence-electron chi connectivity index (χ4n) is 4.17. The van der Waals surface area contributed by atoms with Gasteiger partial charge >= 0.3 is 5.63 Å². The Hall–Kier alpha value is -3.12. The van der Waals surface area contributed by atoms with Crippen molar-refractivity contribution in [3.63, 3.8) is 0 Å². The molecule has 0 radical (unpaired) electrons. The number of aryl methyl sites for hydroxylation is 1. The van der Waals surface area contributed by atoms with E-state index >= 15 is 0 Å². The highest BCUT2D eigenvalue weighted by atomic mass is 16.4. The molecule has 0 bridgehead atoms. The lowest BCUT2D eigenvalue weighted by molar-refractivity contribution is 0.315. The van der Waals surface area contributed by atoms with Crippen molar-refractivity contribution in [3.05, 3.63) is 64.9 Å². The molecule has 6 heteroatoms. The minimum absolute atomic E-state index is 0.321. The Labute approximate surface area is 169 Å². The summed E-state index contributed by atoms with van der Waals surface area (Å²) in [5.74, 6) is 0. The number of fused-ring (bicyclic) bond motifs is 2. The molecule has 0 aliphatic carbocycles. The fraction of sp³-hybridized carbons (Fsp3) is 0.304. The Morgan fingerprint density at radius 2 is 2.00 bits per heavy atom. The third kappa shape index (κ3) is 3.19. The molecule has 1 fully saturated rings. The van der Waals surface area contributed by atoms with Crippen molar-refractivity contribution in [1.82, 2.24) is 14.3 Å². The van der Waals surface area contributed by atoms with E-state index in [1.807, 2.05) is 54.0 Å². The predicted octanol–water partition coefficient (Wildman–Crippen LogP) is 3.56. The molecule has 1 aromatic carbocycles. The molecule has 3 aromatic heterocycles. The second kappa shape index (κ2) is 6.74. The number of benzene rings is 1. The zero-order chi connectivity index (χ0) is 20.1. The Balaban J connectivity index is 1.52. The maximum atomic E-state index is 12.7. The second-order valence-corrected chi connectivity index (χ2v) is 8.09. The van der Waals surface area contributed by atoms with E-state index in [0.717, 1.165) is 47.5 Å². The molecule has 4 heterocycles. The third-order valence-electron chi connectivity index (χ3n) is 5.86. The highest BCUT2D eigenvalue weighted by molar-refractivity contribution is 5.84. The summed E-state index contributed by atoms with van der Waals surface area (Å²) in [7, 11) is 4.25. The van der Waals surface area contributed by atoms with Gasteiger partial charge in [-0.1, -0.05) is 0 Å². The minimum Gasteiger partial charge on any atom is -0.422 e. The van der Waals surface area contributed by atoms with Crippen molar-refractivity contribution < 1.29 is 4.42 Å². The zero-order valence-corrected chi connectivity index (χ0v) is 16.9. The molecule has 5 rings (SSSR count). The molecule has 1 aliphatic rings. The molecule has 1 aliphatic heterocycles. The van der Waals surface area contributed by atoms with Gasteiger partial charge in [-0.05, 0) is 57.8 Å². The number of hydrogen-bond donors (Lipinski definition) is 0. The van der Waals surface area contributed by atoms with Crippen LogP contribution in [0.1, 0.15) is 12.1 Å². The third-order valence-corrected chi connectivity index (χ3v) is 5.86. The fourth-order valence-corrected chi connectivity index (χ4v) is 4.17. The van der Waals surface area contributed by atoms with Gasteiger partial charge in [-0.25, -0.2) is 9.78 Å². The van der Waals surface area contributed by atoms with E-state index < -0.39 is 0 Å². The number of likely N-dealkylation sites (N-methyl/N-ethyl adjacent to an activating group) is 1. The van der Waals surface area contributed by atoms with Crippen LogP contribution in [0, 0.1) is 6.92 Å². The maximum Gasteiger partial charge on any atom is 0.344 e. The lowest BCUT2D eigenvalue weighted by Crippen LogP contribution is -2.31. The molecule has 148 valence electrons. The number of pyridine rings is 1. The first-order chi connectivity index (χ1) is 14.0. The van der Waals surface area contributed by atoms with Gasteiger partial charge in [0.1, 0.15) is 11.2 Å². The lowest BCUT2D eigenvalue weighted by Gasteiger charge is -2.22. The van der Waals surface area contributed by atoms with Crippen LogP contribution in [0.15, 0.2) is 58.0 Å². The summed E-state index contributed by atoms with van der Waals surface area (Å²) in [5.41, 5.74) is 4.60. The molecule has 0 spiro atoms. The standard InChI is InChI=1S/C23H24N4O2/c1-15-12-27-13-17(5-7-22(27)24-15)20-10-16-4-6-18(11-21(16)29-23(20)28)26-9-8-19(14-26)25(2)3/h4-7,10-13,19H,8-9,14H2,1-3H3. The van der Waals surface area contributed by atoms with Crippen LogP contribution in [-0.4, -0.2) is 47.5 Å². The Morgan fingerprint density at radius 1 is 1.14 bits per heavy atom. The first kappa shape index (κ1) is 17.9. The number of aromatic nitrogens is 2. The monoisotopic (exact) mass is 388 g/mol. The normalized spacial score (nSPS) is 17.1. The summed E-state index contributed by atoms with van der Waals surface area (Å²) in [6.07, 6.45) is 5.02. The lowest BCUT2D eigenvalue weighted by atomic mass is 10.1. The van der Waals surface area contributed by atoms with Crippen molar-refractivity contribution >= 4 is 22.3 Å². The average Bonchev–Trinajstić information content (AvgIpc) is 3.32. The van der Waals surface area contributed by atoms with Gasteiger partial charge in [-0.2, -0.15) is 0 Å². The summed E-state index contributed by atoms with van der Waals surface area (Å²) in [4.78, 5) is 21.8. The van der Waals surface area contributed by atoms with E-state index in [4.69, 9.17) is 4.42 Å². The van der Waals surface area contributed by atoms with E-state index in [0.29, 0.717) is 17.2 Å². The molecule has 29 heavy (non-hydrogen) atoms. The molecule has 0 saturated carbocycles. The molecule has 6 nitrogen and oxygen atoms in total. The largest absolute Gasteiger partial charge is 0.422 e. The highest BCUT2D eigenvalue weighted by Crippen LogP contribution is 2.28. The van der Waals surface area contributed by atoms with Gasteiger partial charge in [0, 0.05) is 54.2 Å². The zero-order valence-electron chi connectivity index (χ0n) is 16.9. The molecule has 1 unspecified atom stereocenters. The van der Waals surface area contributed by atoms with Crippen LogP contribution >= 0.6 is 0 Å². The van der Waals surface area contributed by atoms with Gasteiger partial charge in [0.2, 0.25) is 0 Å². The van der Waals surface area contributed by atoms with Crippen molar-refractivity contribution in [2.75, 3.05) is 32.1 Å². The maximum absolute atomic E-state index is 12.7. The number of hydrogen-bond acceptors (Lipinski definition) is 5. The van der Waals surface area contributed by atoms with Crippen LogP contribution in [0.2, 0.25) is 0 Å². The molecular formula is C23H24N4O2. The van der Waals surface area contributed by atoms with Crippen molar-refractivity contribution in [1.29, 1.82) is 0 Å². The van der Waals surface area contributed by atoms with Crippen LogP contribution in [0.5, 0.6) is 0 Å². The van der Waals surface area contributed by atoms with Crippen LogP contribution in [0.3, 0.4) is 0 Å². The van der Waals surface area contributed by atoms with Crippen LogP contribution in [-0.2, 0) is 0 Å². The van der Waals surface area contributed by atoms with Crippen molar-refractivity contribution in [3.8, 4) is 11.1 Å². The average molecular weight is 388 g/mol. The van der Waals surface area contributed by atoms with Crippen molar-refractivity contribution in [2.24, 2.45) is 0 Å². The summed E-state index contributed by atoms with van der Waals surface area (Å²) < 4.78 is 7.66. The van der Waals surface area contributed by atoms with Gasteiger partial charge in [-0.3, -0.25) is 0 Å². The van der Waals surface area contributed by atoms with Gasteiger partial charge in [-0.15, -0.1) is 0 Å². The number of imidazole rings is 1. The topological polar surface area (TPSA) is 54.0 Å². The molecule has 0 amide bonds. The Kier molecular flexibility index (Phi) is 4.17. The first-order valence-corrected chi connectivity index (χ1v) is 9.93. The molecule has 1 atom stereocenters. The first-order valence-electron chi connectivity index (χ1n) is 9.93. The van der Waals surface area contributed by atoms with Crippen LogP contribution < -0.4 is 10.5 Å². The Morgan fingerprint density at radius 3 is 2.79 bits per heavy atom. The smallest absolute Gasteiger partial charge is 0.344 e. The van der Waals surface area contributed by atoms with Gasteiger partial charge in [0.05, 0.1) is 11.3 Å². The van der Waals surface area contributed by atoms with Crippen LogP contribution in [0.4, 0.5) is 5.69 Å². The summed E-state index contributed by atoms with van der Waals surface area (Å²) in [6.45, 7) is 3.96. The summed E-state index contributed by atoms with van der Waals surface area (Å²) in [5, 5.41) is 0.925. The van der Waals surface area contributed by atoms with Gasteiger partial charge in [0.25, 0.3) is 0 Å². The summed E-state index contributed by atoms with van der Waals surface area (Å²) >= 11 is 0. The number of anilines is 1. The number of nitrogens with zero attached hydrogens (tertiary/aromatic N) is 4. The van der Waals surface area contributed by atoms with E-state index in [1.54, 1.807) is 0 Å². The number of rotatable bonds is 3. The van der Waals surface area contributed by atoms with Crippen molar-refractivity contribution in [2.45, 2.75) is 19.4 Å². The van der Waals surface area contributed by atoms with E-state index in [9.17, 15) is 4.79 Å². The SMILES string of the molecule is Cc1cn2cc(-c3cc4ccc(N5CCC(N(C)C)C5)cc4oc3=O)ccc2n1. The molecule has 0 N–H and O–H groups in total. The predicted molar refractivity (Wildman–Crippen MR) is 116 cm³/mol.